The van der Waals surface area contributed by atoms with Crippen molar-refractivity contribution < 1.29 is 9.53 Å². The second-order valence-electron chi connectivity index (χ2n) is 4.47. The van der Waals surface area contributed by atoms with Crippen LogP contribution >= 0.6 is 11.5 Å². The summed E-state index contributed by atoms with van der Waals surface area (Å²) in [4.78, 5) is 11.5. The van der Waals surface area contributed by atoms with Gasteiger partial charge >= 0.3 is 0 Å². The molecule has 90 valence electrons. The maximum absolute atomic E-state index is 11.5. The van der Waals surface area contributed by atoms with E-state index in [1.807, 2.05) is 20.8 Å². The monoisotopic (exact) mass is 242 g/mol. The average Bonchev–Trinajstić information content (AvgIpc) is 2.45. The van der Waals surface area contributed by atoms with Gasteiger partial charge in [0.05, 0.1) is 23.4 Å². The number of methoxy groups -OCH3 is 1. The summed E-state index contributed by atoms with van der Waals surface area (Å²) in [5.41, 5.74) is 1.26. The molecule has 0 aliphatic carbocycles. The quantitative estimate of drug-likeness (QED) is 0.806. The van der Waals surface area contributed by atoms with Gasteiger partial charge in [-0.15, -0.1) is 0 Å². The molecular formula is C11H18N2O2S. The minimum Gasteiger partial charge on any atom is -0.382 e. The Morgan fingerprint density at radius 3 is 2.69 bits per heavy atom. The zero-order chi connectivity index (χ0) is 12.3. The minimum atomic E-state index is -0.210. The average molecular weight is 242 g/mol. The van der Waals surface area contributed by atoms with Gasteiger partial charge in [0.15, 0.2) is 5.78 Å². The van der Waals surface area contributed by atoms with Crippen LogP contribution in [0.5, 0.6) is 0 Å². The molecule has 0 aliphatic heterocycles. The first kappa shape index (κ1) is 13.1. The standard InChI is InChI=1S/C11H18N2O2S/c1-7-9(8(2)14)10(16-13-7)12-11(3,4)6-15-5/h12H,6H2,1-5H3. The van der Waals surface area contributed by atoms with Crippen molar-refractivity contribution in [3.63, 3.8) is 0 Å². The summed E-state index contributed by atoms with van der Waals surface area (Å²) in [6.07, 6.45) is 0. The van der Waals surface area contributed by atoms with E-state index < -0.39 is 0 Å². The number of hydrogen-bond acceptors (Lipinski definition) is 5. The molecule has 16 heavy (non-hydrogen) atoms. The number of rotatable bonds is 5. The minimum absolute atomic E-state index is 0.0435. The van der Waals surface area contributed by atoms with E-state index in [-0.39, 0.29) is 11.3 Å². The van der Waals surface area contributed by atoms with Gasteiger partial charge in [0.1, 0.15) is 5.00 Å². The Morgan fingerprint density at radius 1 is 1.56 bits per heavy atom. The molecule has 0 amide bonds. The van der Waals surface area contributed by atoms with Gasteiger partial charge in [-0.25, -0.2) is 0 Å². The predicted octanol–water partition coefficient (Wildman–Crippen LogP) is 2.49. The molecular weight excluding hydrogens is 224 g/mol. The number of aryl methyl sites for hydroxylation is 1. The van der Waals surface area contributed by atoms with Gasteiger partial charge in [0, 0.05) is 7.11 Å². The van der Waals surface area contributed by atoms with Crippen LogP contribution in [0.1, 0.15) is 36.8 Å². The number of carbonyl (C=O) groups excluding carboxylic acids is 1. The van der Waals surface area contributed by atoms with Crippen LogP contribution in [-0.4, -0.2) is 29.4 Å². The van der Waals surface area contributed by atoms with E-state index in [1.54, 1.807) is 14.0 Å². The fourth-order valence-corrected chi connectivity index (χ4v) is 2.60. The number of ether oxygens (including phenoxy) is 1. The highest BCUT2D eigenvalue weighted by molar-refractivity contribution is 7.10. The van der Waals surface area contributed by atoms with Gasteiger partial charge in [-0.05, 0) is 39.2 Å². The van der Waals surface area contributed by atoms with Crippen molar-refractivity contribution in [1.29, 1.82) is 0 Å². The number of nitrogens with one attached hydrogen (secondary N) is 1. The Bertz CT molecular complexity index is 385. The molecule has 0 saturated heterocycles. The summed E-state index contributed by atoms with van der Waals surface area (Å²) in [5, 5.41) is 4.13. The Balaban J connectivity index is 2.93. The number of carbonyl (C=O) groups is 1. The van der Waals surface area contributed by atoms with Crippen LogP contribution in [0.4, 0.5) is 5.00 Å². The summed E-state index contributed by atoms with van der Waals surface area (Å²) in [7, 11) is 1.66. The van der Waals surface area contributed by atoms with Crippen molar-refractivity contribution in [2.24, 2.45) is 0 Å². The number of hydrogen-bond donors (Lipinski definition) is 1. The van der Waals surface area contributed by atoms with Crippen LogP contribution in [0.15, 0.2) is 0 Å². The highest BCUT2D eigenvalue weighted by Gasteiger charge is 2.22. The predicted molar refractivity (Wildman–Crippen MR) is 66.4 cm³/mol. The summed E-state index contributed by atoms with van der Waals surface area (Å²) in [6, 6.07) is 0. The Labute approximate surface area is 100 Å². The topological polar surface area (TPSA) is 51.2 Å². The molecule has 0 saturated carbocycles. The van der Waals surface area contributed by atoms with Crippen LogP contribution in [0.3, 0.4) is 0 Å². The number of Topliss-reactive ketones (excluding diaryl/α,β-unsaturated/α-hetero) is 1. The van der Waals surface area contributed by atoms with Gasteiger partial charge in [0.25, 0.3) is 0 Å². The molecule has 0 aromatic carbocycles. The molecule has 1 heterocycles. The zero-order valence-electron chi connectivity index (χ0n) is 10.4. The first-order valence-electron chi connectivity index (χ1n) is 5.11. The fraction of sp³-hybridized carbons (Fsp3) is 0.636. The van der Waals surface area contributed by atoms with Crippen molar-refractivity contribution in [2.75, 3.05) is 19.0 Å². The number of ketones is 1. The third-order valence-electron chi connectivity index (χ3n) is 2.17. The molecule has 4 nitrogen and oxygen atoms in total. The Hall–Kier alpha value is -0.940. The van der Waals surface area contributed by atoms with Crippen molar-refractivity contribution in [3.8, 4) is 0 Å². The zero-order valence-corrected chi connectivity index (χ0v) is 11.2. The summed E-state index contributed by atoms with van der Waals surface area (Å²) >= 11 is 1.32. The first-order valence-corrected chi connectivity index (χ1v) is 5.89. The smallest absolute Gasteiger partial charge is 0.164 e. The van der Waals surface area contributed by atoms with E-state index in [9.17, 15) is 4.79 Å². The largest absolute Gasteiger partial charge is 0.382 e. The fourth-order valence-electron chi connectivity index (χ4n) is 1.57. The molecule has 0 spiro atoms. The number of aromatic nitrogens is 1. The normalized spacial score (nSPS) is 11.6. The Kier molecular flexibility index (Phi) is 4.04. The van der Waals surface area contributed by atoms with Crippen LogP contribution in [-0.2, 0) is 4.74 Å². The maximum atomic E-state index is 11.5. The lowest BCUT2D eigenvalue weighted by Gasteiger charge is -2.25. The Morgan fingerprint density at radius 2 is 2.19 bits per heavy atom. The van der Waals surface area contributed by atoms with E-state index in [0.29, 0.717) is 12.2 Å². The third-order valence-corrected chi connectivity index (χ3v) is 3.03. The van der Waals surface area contributed by atoms with E-state index >= 15 is 0 Å². The van der Waals surface area contributed by atoms with Gasteiger partial charge in [-0.2, -0.15) is 4.37 Å². The second kappa shape index (κ2) is 4.93. The van der Waals surface area contributed by atoms with Crippen LogP contribution < -0.4 is 5.32 Å². The second-order valence-corrected chi connectivity index (χ2v) is 5.24. The van der Waals surface area contributed by atoms with Crippen LogP contribution in [0, 0.1) is 6.92 Å². The van der Waals surface area contributed by atoms with Crippen LogP contribution in [0.25, 0.3) is 0 Å². The molecule has 1 rings (SSSR count). The highest BCUT2D eigenvalue weighted by Crippen LogP contribution is 2.27. The van der Waals surface area contributed by atoms with E-state index in [0.717, 1.165) is 10.7 Å². The molecule has 1 aromatic heterocycles. The van der Waals surface area contributed by atoms with Crippen molar-refractivity contribution in [3.05, 3.63) is 11.3 Å². The molecule has 5 heteroatoms. The number of anilines is 1. The SMILES string of the molecule is COCC(C)(C)Nc1snc(C)c1C(C)=O. The summed E-state index contributed by atoms with van der Waals surface area (Å²) < 4.78 is 9.32. The lowest BCUT2D eigenvalue weighted by molar-refractivity contribution is 0.101. The van der Waals surface area contributed by atoms with Crippen molar-refractivity contribution >= 4 is 22.3 Å². The molecule has 1 aromatic rings. The maximum Gasteiger partial charge on any atom is 0.164 e. The summed E-state index contributed by atoms with van der Waals surface area (Å²) in [5.74, 6) is 0.0435. The van der Waals surface area contributed by atoms with Crippen molar-refractivity contribution in [1.82, 2.24) is 4.37 Å². The molecule has 1 N–H and O–H groups in total. The van der Waals surface area contributed by atoms with E-state index in [2.05, 4.69) is 9.69 Å². The molecule has 0 atom stereocenters. The van der Waals surface area contributed by atoms with Crippen LogP contribution in [0.2, 0.25) is 0 Å². The first-order chi connectivity index (χ1) is 7.37. The van der Waals surface area contributed by atoms with Gasteiger partial charge in [-0.1, -0.05) is 0 Å². The molecule has 0 unspecified atom stereocenters. The van der Waals surface area contributed by atoms with Gasteiger partial charge in [-0.3, -0.25) is 4.79 Å². The highest BCUT2D eigenvalue weighted by atomic mass is 32.1. The molecule has 0 radical (unpaired) electrons. The molecule has 0 bridgehead atoms. The third kappa shape index (κ3) is 3.02. The summed E-state index contributed by atoms with van der Waals surface area (Å²) in [6.45, 7) is 8.03. The molecule has 0 aliphatic rings. The van der Waals surface area contributed by atoms with Gasteiger partial charge < -0.3 is 10.1 Å². The van der Waals surface area contributed by atoms with E-state index in [4.69, 9.17) is 4.74 Å². The molecule has 0 fully saturated rings. The van der Waals surface area contributed by atoms with Crippen molar-refractivity contribution in [2.45, 2.75) is 33.2 Å². The lowest BCUT2D eigenvalue weighted by Crippen LogP contribution is -2.36. The lowest BCUT2D eigenvalue weighted by atomic mass is 10.1. The number of nitrogens with zero attached hydrogens (tertiary/aromatic N) is 1. The van der Waals surface area contributed by atoms with E-state index in [1.165, 1.54) is 11.5 Å². The van der Waals surface area contributed by atoms with Gasteiger partial charge in [0.2, 0.25) is 0 Å².